The monoisotopic (exact) mass is 461 g/mol. The van der Waals surface area contributed by atoms with E-state index in [-0.39, 0.29) is 25.0 Å². The topological polar surface area (TPSA) is 138 Å². The molecule has 1 aromatic carbocycles. The van der Waals surface area contributed by atoms with Gasteiger partial charge >= 0.3 is 6.03 Å². The van der Waals surface area contributed by atoms with Crippen LogP contribution in [0.3, 0.4) is 0 Å². The van der Waals surface area contributed by atoms with Gasteiger partial charge in [-0.15, -0.1) is 0 Å². The molecule has 0 unspecified atom stereocenters. The van der Waals surface area contributed by atoms with Crippen molar-refractivity contribution in [2.75, 3.05) is 36.1 Å². The smallest absolute Gasteiger partial charge is 0.318 e. The molecule has 1 aromatic heterocycles. The van der Waals surface area contributed by atoms with Gasteiger partial charge in [-0.3, -0.25) is 14.9 Å². The highest BCUT2D eigenvalue weighted by atomic mass is 35.5. The molecule has 10 nitrogen and oxygen atoms in total. The molecule has 4 rings (SSSR count). The third-order valence-corrected chi connectivity index (χ3v) is 5.29. The van der Waals surface area contributed by atoms with Crippen molar-refractivity contribution in [1.29, 1.82) is 0 Å². The molecule has 11 heteroatoms. The van der Waals surface area contributed by atoms with E-state index < -0.39 is 12.1 Å². The lowest BCUT2D eigenvalue weighted by Gasteiger charge is -2.28. The van der Waals surface area contributed by atoms with Crippen LogP contribution >= 0.6 is 11.6 Å². The number of nitrogens with zero attached hydrogens (tertiary/aromatic N) is 3. The minimum Gasteiger partial charge on any atom is -0.391 e. The van der Waals surface area contributed by atoms with Gasteiger partial charge in [0.05, 0.1) is 23.8 Å². The molecule has 0 spiro atoms. The van der Waals surface area contributed by atoms with Gasteiger partial charge in [-0.05, 0) is 36.2 Å². The number of primary amides is 1. The van der Waals surface area contributed by atoms with E-state index in [1.165, 1.54) is 0 Å². The molecular formula is C21H24ClN5O5. The number of halogens is 1. The summed E-state index contributed by atoms with van der Waals surface area (Å²) in [5.74, 6) is 0.774. The van der Waals surface area contributed by atoms with Crippen LogP contribution in [-0.2, 0) is 14.3 Å². The van der Waals surface area contributed by atoms with Crippen molar-refractivity contribution in [3.05, 3.63) is 53.2 Å². The minimum absolute atomic E-state index is 0.0210. The van der Waals surface area contributed by atoms with Crippen molar-refractivity contribution in [3.8, 4) is 0 Å². The number of nitrogens with two attached hydrogens (primary N) is 1. The standard InChI is InChI=1S/C19H20ClN3O3.C2H4N2O2/c20-14-3-6-18(21-10-14)23-11-16(24)9-17(23)13-1-4-15(5-2-13)22-7-8-26-12-19(22)25;3-2(6)4-1-5/h1-6,10,16-17,24H,7-9,11-12H2;1H,(H3,3,4,5,6)/t16-,17-;/m1./s1. The maximum atomic E-state index is 12.0. The fourth-order valence-corrected chi connectivity index (χ4v) is 3.76. The van der Waals surface area contributed by atoms with Gasteiger partial charge < -0.3 is 25.4 Å². The molecule has 2 atom stereocenters. The number of hydrogen-bond donors (Lipinski definition) is 3. The van der Waals surface area contributed by atoms with E-state index in [1.54, 1.807) is 22.5 Å². The number of aliphatic hydroxyl groups is 1. The van der Waals surface area contributed by atoms with E-state index in [0.29, 0.717) is 31.1 Å². The van der Waals surface area contributed by atoms with Gasteiger partial charge in [0.2, 0.25) is 6.41 Å². The number of nitrogens with one attached hydrogen (secondary N) is 1. The van der Waals surface area contributed by atoms with Gasteiger partial charge in [0, 0.05) is 25.0 Å². The summed E-state index contributed by atoms with van der Waals surface area (Å²) in [4.78, 5) is 38.9. The molecule has 2 aliphatic rings. The first kappa shape index (κ1) is 23.5. The number of β-amino-alcohol motifs (C(OH)–C–C–N with tert-alkyl or cyclic N) is 1. The van der Waals surface area contributed by atoms with E-state index in [0.717, 1.165) is 17.1 Å². The maximum Gasteiger partial charge on any atom is 0.318 e. The zero-order valence-corrected chi connectivity index (χ0v) is 17.9. The lowest BCUT2D eigenvalue weighted by molar-refractivity contribution is -0.125. The van der Waals surface area contributed by atoms with E-state index in [9.17, 15) is 19.5 Å². The molecule has 2 fully saturated rings. The van der Waals surface area contributed by atoms with Crippen LogP contribution in [0.2, 0.25) is 5.02 Å². The van der Waals surface area contributed by atoms with Crippen LogP contribution < -0.4 is 20.9 Å². The van der Waals surface area contributed by atoms with E-state index in [2.05, 4.69) is 15.6 Å². The highest BCUT2D eigenvalue weighted by Crippen LogP contribution is 2.36. The minimum atomic E-state index is -0.829. The Labute approximate surface area is 189 Å². The summed E-state index contributed by atoms with van der Waals surface area (Å²) in [7, 11) is 0. The van der Waals surface area contributed by atoms with Crippen molar-refractivity contribution in [3.63, 3.8) is 0 Å². The Morgan fingerprint density at radius 1 is 1.28 bits per heavy atom. The number of benzene rings is 1. The summed E-state index contributed by atoms with van der Waals surface area (Å²) in [6.45, 7) is 1.79. The van der Waals surface area contributed by atoms with E-state index in [4.69, 9.17) is 16.3 Å². The van der Waals surface area contributed by atoms with Gasteiger partial charge in [0.15, 0.2) is 0 Å². The number of pyridine rings is 1. The molecule has 2 aliphatic heterocycles. The van der Waals surface area contributed by atoms with Crippen LogP contribution in [0.4, 0.5) is 16.3 Å². The zero-order valence-electron chi connectivity index (χ0n) is 17.2. The number of aliphatic hydroxyl groups excluding tert-OH is 1. The zero-order chi connectivity index (χ0) is 23.1. The second-order valence-corrected chi connectivity index (χ2v) is 7.64. The lowest BCUT2D eigenvalue weighted by Crippen LogP contribution is -2.41. The number of ether oxygens (including phenoxy) is 1. The second kappa shape index (κ2) is 10.9. The summed E-state index contributed by atoms with van der Waals surface area (Å²) in [6, 6.07) is 10.8. The fourth-order valence-electron chi connectivity index (χ4n) is 3.65. The van der Waals surface area contributed by atoms with Gasteiger partial charge in [-0.25, -0.2) is 9.78 Å². The molecule has 2 saturated heterocycles. The Bertz CT molecular complexity index is 941. The van der Waals surface area contributed by atoms with Gasteiger partial charge in [0.25, 0.3) is 5.91 Å². The molecule has 0 aliphatic carbocycles. The van der Waals surface area contributed by atoms with Crippen LogP contribution in [0, 0.1) is 0 Å². The highest BCUT2D eigenvalue weighted by molar-refractivity contribution is 6.30. The summed E-state index contributed by atoms with van der Waals surface area (Å²) in [6.07, 6.45) is 2.08. The Hall–Kier alpha value is -3.21. The molecule has 2 aromatic rings. The number of urea groups is 1. The first-order chi connectivity index (χ1) is 15.4. The first-order valence-electron chi connectivity index (χ1n) is 9.93. The van der Waals surface area contributed by atoms with Gasteiger partial charge in [-0.1, -0.05) is 23.7 Å². The Morgan fingerprint density at radius 3 is 2.59 bits per heavy atom. The van der Waals surface area contributed by atoms with Crippen LogP contribution in [0.15, 0.2) is 42.6 Å². The number of hydrogen-bond acceptors (Lipinski definition) is 7. The average Bonchev–Trinajstić information content (AvgIpc) is 3.17. The van der Waals surface area contributed by atoms with Crippen molar-refractivity contribution >= 4 is 41.5 Å². The van der Waals surface area contributed by atoms with Crippen molar-refractivity contribution in [2.24, 2.45) is 5.73 Å². The van der Waals surface area contributed by atoms with Gasteiger partial charge in [0.1, 0.15) is 12.4 Å². The van der Waals surface area contributed by atoms with Crippen LogP contribution in [-0.4, -0.2) is 60.8 Å². The summed E-state index contributed by atoms with van der Waals surface area (Å²) < 4.78 is 5.18. The summed E-state index contributed by atoms with van der Waals surface area (Å²) in [5, 5.41) is 12.4. The van der Waals surface area contributed by atoms with Crippen LogP contribution in [0.1, 0.15) is 18.0 Å². The molecule has 0 radical (unpaired) electrons. The molecule has 4 N–H and O–H groups in total. The Morgan fingerprint density at radius 2 is 2.03 bits per heavy atom. The third-order valence-electron chi connectivity index (χ3n) is 5.06. The second-order valence-electron chi connectivity index (χ2n) is 7.21. The quantitative estimate of drug-likeness (QED) is 0.582. The van der Waals surface area contributed by atoms with Crippen molar-refractivity contribution < 1.29 is 24.2 Å². The number of anilines is 2. The number of aromatic nitrogens is 1. The van der Waals surface area contributed by atoms with Gasteiger partial charge in [-0.2, -0.15) is 0 Å². The molecule has 170 valence electrons. The van der Waals surface area contributed by atoms with Crippen LogP contribution in [0.5, 0.6) is 0 Å². The summed E-state index contributed by atoms with van der Waals surface area (Å²) >= 11 is 5.93. The Balaban J connectivity index is 0.000000427. The SMILES string of the molecule is NC(=O)NC=O.O=C1COCCN1c1ccc([C@H]2C[C@@H](O)CN2c2ccc(Cl)cn2)cc1. The highest BCUT2D eigenvalue weighted by Gasteiger charge is 2.33. The van der Waals surface area contributed by atoms with Crippen LogP contribution in [0.25, 0.3) is 0 Å². The number of rotatable bonds is 4. The van der Waals surface area contributed by atoms with E-state index >= 15 is 0 Å². The normalized spacial score (nSPS) is 20.4. The first-order valence-corrected chi connectivity index (χ1v) is 10.3. The molecule has 0 saturated carbocycles. The maximum absolute atomic E-state index is 12.0. The summed E-state index contributed by atoms with van der Waals surface area (Å²) in [5.41, 5.74) is 6.38. The number of imide groups is 1. The Kier molecular flexibility index (Phi) is 7.98. The molecule has 0 bridgehead atoms. The number of amides is 4. The predicted molar refractivity (Wildman–Crippen MR) is 118 cm³/mol. The molecular weight excluding hydrogens is 438 g/mol. The van der Waals surface area contributed by atoms with Crippen molar-refractivity contribution in [2.45, 2.75) is 18.6 Å². The number of morpholine rings is 1. The van der Waals surface area contributed by atoms with E-state index in [1.807, 2.05) is 30.3 Å². The molecule has 3 heterocycles. The number of carbonyl (C=O) groups excluding carboxylic acids is 3. The average molecular weight is 462 g/mol. The lowest BCUT2D eigenvalue weighted by atomic mass is 10.0. The molecule has 4 amide bonds. The molecule has 32 heavy (non-hydrogen) atoms. The predicted octanol–water partition coefficient (Wildman–Crippen LogP) is 1.22. The largest absolute Gasteiger partial charge is 0.391 e. The number of carbonyl (C=O) groups is 3. The third kappa shape index (κ3) is 5.94. The van der Waals surface area contributed by atoms with Crippen molar-refractivity contribution in [1.82, 2.24) is 10.3 Å². The fraction of sp³-hybridized carbons (Fsp3) is 0.333.